The van der Waals surface area contributed by atoms with E-state index in [4.69, 9.17) is 4.74 Å². The number of fused-ring (bicyclic) bond motifs is 1. The van der Waals surface area contributed by atoms with Crippen LogP contribution in [0.2, 0.25) is 0 Å². The summed E-state index contributed by atoms with van der Waals surface area (Å²) in [5, 5.41) is 12.0. The van der Waals surface area contributed by atoms with Crippen molar-refractivity contribution in [3.63, 3.8) is 0 Å². The Labute approximate surface area is 120 Å². The maximum absolute atomic E-state index is 11.9. The number of nitrogens with one attached hydrogen (secondary N) is 1. The normalized spacial score (nSPS) is 15.0. The molecule has 0 saturated heterocycles. The Hall–Kier alpha value is -3.08. The van der Waals surface area contributed by atoms with Crippen LogP contribution < -0.4 is 10.1 Å². The van der Waals surface area contributed by atoms with Crippen molar-refractivity contribution in [2.45, 2.75) is 0 Å². The van der Waals surface area contributed by atoms with Gasteiger partial charge in [-0.25, -0.2) is 9.59 Å². The number of hydrogen-bond donors (Lipinski definition) is 2. The molecule has 0 atom stereocenters. The van der Waals surface area contributed by atoms with Gasteiger partial charge in [0.2, 0.25) is 0 Å². The molecular formula is C16H11NO4. The summed E-state index contributed by atoms with van der Waals surface area (Å²) in [5.74, 6) is -1.42. The fraction of sp³-hybridized carbons (Fsp3) is 0. The number of benzene rings is 2. The monoisotopic (exact) mass is 281 g/mol. The van der Waals surface area contributed by atoms with E-state index in [0.29, 0.717) is 0 Å². The Morgan fingerprint density at radius 1 is 1.10 bits per heavy atom. The van der Waals surface area contributed by atoms with E-state index in [2.05, 4.69) is 5.32 Å². The van der Waals surface area contributed by atoms with Crippen LogP contribution in [0.1, 0.15) is 15.9 Å². The minimum Gasteiger partial charge on any atom is -0.478 e. The highest BCUT2D eigenvalue weighted by atomic mass is 16.5. The molecule has 0 fully saturated rings. The molecule has 0 aromatic heterocycles. The molecule has 5 heteroatoms. The fourth-order valence-electron chi connectivity index (χ4n) is 2.07. The number of aromatic carboxylic acids is 1. The molecule has 0 bridgehead atoms. The van der Waals surface area contributed by atoms with Gasteiger partial charge in [0.1, 0.15) is 5.70 Å². The highest BCUT2D eigenvalue weighted by molar-refractivity contribution is 6.05. The first-order chi connectivity index (χ1) is 10.1. The van der Waals surface area contributed by atoms with Crippen molar-refractivity contribution in [3.8, 4) is 5.75 Å². The van der Waals surface area contributed by atoms with Gasteiger partial charge in [-0.05, 0) is 23.8 Å². The zero-order valence-corrected chi connectivity index (χ0v) is 10.9. The van der Waals surface area contributed by atoms with Gasteiger partial charge in [0.15, 0.2) is 5.75 Å². The van der Waals surface area contributed by atoms with Crippen LogP contribution in [0.4, 0.5) is 5.69 Å². The number of carboxylic acids is 1. The van der Waals surface area contributed by atoms with Crippen LogP contribution in [0.3, 0.4) is 0 Å². The number of carboxylic acid groups (broad SMARTS) is 1. The Bertz CT molecular complexity index is 750. The number of ether oxygens (including phenoxy) is 1. The summed E-state index contributed by atoms with van der Waals surface area (Å²) in [7, 11) is 0. The van der Waals surface area contributed by atoms with E-state index in [1.807, 2.05) is 30.3 Å². The SMILES string of the molecule is O=C1Oc2cccc(C(=O)O)c2N/C1=C\c1ccccc1. The van der Waals surface area contributed by atoms with E-state index in [9.17, 15) is 14.7 Å². The second-order valence-electron chi connectivity index (χ2n) is 4.47. The van der Waals surface area contributed by atoms with Crippen LogP contribution in [0.25, 0.3) is 6.08 Å². The lowest BCUT2D eigenvalue weighted by Crippen LogP contribution is -2.24. The largest absolute Gasteiger partial charge is 0.478 e. The number of anilines is 1. The molecule has 104 valence electrons. The predicted molar refractivity (Wildman–Crippen MR) is 77.1 cm³/mol. The van der Waals surface area contributed by atoms with Crippen molar-refractivity contribution >= 4 is 23.7 Å². The van der Waals surface area contributed by atoms with E-state index in [-0.39, 0.29) is 22.7 Å². The maximum atomic E-state index is 11.9. The molecule has 1 aliphatic rings. The zero-order chi connectivity index (χ0) is 14.8. The lowest BCUT2D eigenvalue weighted by Gasteiger charge is -2.21. The van der Waals surface area contributed by atoms with E-state index < -0.39 is 11.9 Å². The van der Waals surface area contributed by atoms with Gasteiger partial charge in [-0.15, -0.1) is 0 Å². The molecule has 3 rings (SSSR count). The summed E-state index contributed by atoms with van der Waals surface area (Å²) in [6.45, 7) is 0. The third-order valence-electron chi connectivity index (χ3n) is 3.05. The molecule has 0 aliphatic carbocycles. The Morgan fingerprint density at radius 3 is 2.57 bits per heavy atom. The lowest BCUT2D eigenvalue weighted by molar-refractivity contribution is -0.130. The standard InChI is InChI=1S/C16H11NO4/c18-15(19)11-7-4-8-13-14(11)17-12(16(20)21-13)9-10-5-2-1-3-6-10/h1-9,17H,(H,18,19)/b12-9-. The Kier molecular flexibility index (Phi) is 3.16. The van der Waals surface area contributed by atoms with Crippen molar-refractivity contribution < 1.29 is 19.4 Å². The van der Waals surface area contributed by atoms with Gasteiger partial charge in [-0.2, -0.15) is 0 Å². The van der Waals surface area contributed by atoms with Crippen molar-refractivity contribution in [1.82, 2.24) is 0 Å². The van der Waals surface area contributed by atoms with Crippen LogP contribution in [-0.4, -0.2) is 17.0 Å². The summed E-state index contributed by atoms with van der Waals surface area (Å²) in [6.07, 6.45) is 1.61. The summed E-state index contributed by atoms with van der Waals surface area (Å²) in [4.78, 5) is 23.2. The van der Waals surface area contributed by atoms with E-state index in [1.54, 1.807) is 12.1 Å². The molecule has 5 nitrogen and oxygen atoms in total. The topological polar surface area (TPSA) is 75.6 Å². The molecule has 0 radical (unpaired) electrons. The first-order valence-electron chi connectivity index (χ1n) is 6.27. The molecule has 21 heavy (non-hydrogen) atoms. The third-order valence-corrected chi connectivity index (χ3v) is 3.05. The summed E-state index contributed by atoms with van der Waals surface area (Å²) < 4.78 is 5.17. The molecule has 2 aromatic rings. The van der Waals surface area contributed by atoms with E-state index >= 15 is 0 Å². The highest BCUT2D eigenvalue weighted by Crippen LogP contribution is 2.34. The van der Waals surface area contributed by atoms with Gasteiger partial charge >= 0.3 is 11.9 Å². The average Bonchev–Trinajstić information content (AvgIpc) is 2.48. The molecule has 0 amide bonds. The fourth-order valence-corrected chi connectivity index (χ4v) is 2.07. The van der Waals surface area contributed by atoms with Gasteiger partial charge in [-0.3, -0.25) is 0 Å². The molecule has 2 aromatic carbocycles. The average molecular weight is 281 g/mol. The molecular weight excluding hydrogens is 270 g/mol. The number of hydrogen-bond acceptors (Lipinski definition) is 4. The van der Waals surface area contributed by atoms with Crippen molar-refractivity contribution in [2.24, 2.45) is 0 Å². The lowest BCUT2D eigenvalue weighted by atomic mass is 10.1. The number of rotatable bonds is 2. The second-order valence-corrected chi connectivity index (χ2v) is 4.47. The van der Waals surface area contributed by atoms with Gasteiger partial charge in [0.25, 0.3) is 0 Å². The number of carbonyl (C=O) groups excluding carboxylic acids is 1. The predicted octanol–water partition coefficient (Wildman–Crippen LogP) is 2.76. The van der Waals surface area contributed by atoms with Gasteiger partial charge in [-0.1, -0.05) is 36.4 Å². The van der Waals surface area contributed by atoms with Crippen molar-refractivity contribution in [1.29, 1.82) is 0 Å². The quantitative estimate of drug-likeness (QED) is 0.503. The summed E-state index contributed by atoms with van der Waals surface area (Å²) >= 11 is 0. The molecule has 0 saturated carbocycles. The minimum atomic E-state index is -1.09. The maximum Gasteiger partial charge on any atom is 0.360 e. The van der Waals surface area contributed by atoms with Crippen LogP contribution in [0, 0.1) is 0 Å². The molecule has 2 N–H and O–H groups in total. The number of carbonyl (C=O) groups is 2. The van der Waals surface area contributed by atoms with Crippen LogP contribution in [-0.2, 0) is 4.79 Å². The Balaban J connectivity index is 2.04. The summed E-state index contributed by atoms with van der Waals surface area (Å²) in [6, 6.07) is 13.8. The minimum absolute atomic E-state index is 0.0546. The third kappa shape index (κ3) is 2.49. The van der Waals surface area contributed by atoms with E-state index in [0.717, 1.165) is 5.56 Å². The van der Waals surface area contributed by atoms with Gasteiger partial charge in [0, 0.05) is 0 Å². The second kappa shape index (κ2) is 5.13. The van der Waals surface area contributed by atoms with Crippen LogP contribution >= 0.6 is 0 Å². The van der Waals surface area contributed by atoms with Gasteiger partial charge < -0.3 is 15.2 Å². The molecule has 1 aliphatic heterocycles. The van der Waals surface area contributed by atoms with Crippen molar-refractivity contribution in [3.05, 3.63) is 65.4 Å². The summed E-state index contributed by atoms with van der Waals surface area (Å²) in [5.41, 5.74) is 1.35. The zero-order valence-electron chi connectivity index (χ0n) is 10.9. The molecule has 0 spiro atoms. The molecule has 0 unspecified atom stereocenters. The van der Waals surface area contributed by atoms with E-state index in [1.165, 1.54) is 12.1 Å². The first kappa shape index (κ1) is 12.9. The number of esters is 1. The first-order valence-corrected chi connectivity index (χ1v) is 6.27. The highest BCUT2D eigenvalue weighted by Gasteiger charge is 2.26. The Morgan fingerprint density at radius 2 is 1.86 bits per heavy atom. The number of para-hydroxylation sites is 1. The molecule has 1 heterocycles. The van der Waals surface area contributed by atoms with Crippen LogP contribution in [0.15, 0.2) is 54.2 Å². The van der Waals surface area contributed by atoms with Gasteiger partial charge in [0.05, 0.1) is 11.3 Å². The van der Waals surface area contributed by atoms with Crippen molar-refractivity contribution in [2.75, 3.05) is 5.32 Å². The smallest absolute Gasteiger partial charge is 0.360 e. The van der Waals surface area contributed by atoms with Crippen LogP contribution in [0.5, 0.6) is 5.75 Å².